The average molecular weight is 592 g/mol. The van der Waals surface area contributed by atoms with Gasteiger partial charge in [0.25, 0.3) is 0 Å². The smallest absolute Gasteiger partial charge is 0.410 e. The standard InChI is InChI=1S/C28H32Cl2FN5O4/c1-16(23-18(29)6-7-19(31)24(23)30)39-21-14-17(15-33-26(21)32)25-20(38-5)8-9-22(34-25)35-10-12-36(13-11-35)27(37)40-28(2,3)4/h6-9,14-16H,10-13H2,1-5H3,(H2,32,33). The van der Waals surface area contributed by atoms with E-state index in [0.29, 0.717) is 54.6 Å². The highest BCUT2D eigenvalue weighted by atomic mass is 35.5. The number of hydrogen-bond donors (Lipinski definition) is 1. The predicted molar refractivity (Wildman–Crippen MR) is 154 cm³/mol. The monoisotopic (exact) mass is 591 g/mol. The Morgan fingerprint density at radius 2 is 1.80 bits per heavy atom. The first-order chi connectivity index (χ1) is 18.9. The number of carbonyl (C=O) groups is 1. The Hall–Kier alpha value is -3.50. The fourth-order valence-electron chi connectivity index (χ4n) is 4.27. The second-order valence-corrected chi connectivity index (χ2v) is 11.1. The highest BCUT2D eigenvalue weighted by Gasteiger charge is 2.27. The van der Waals surface area contributed by atoms with E-state index in [1.165, 1.54) is 12.1 Å². The third-order valence-electron chi connectivity index (χ3n) is 6.26. The first-order valence-corrected chi connectivity index (χ1v) is 13.5. The summed E-state index contributed by atoms with van der Waals surface area (Å²) in [5, 5.41) is 0.148. The number of amides is 1. The van der Waals surface area contributed by atoms with Crippen molar-refractivity contribution in [3.05, 3.63) is 58.0 Å². The summed E-state index contributed by atoms with van der Waals surface area (Å²) < 4.78 is 31.2. The number of pyridine rings is 2. The number of aromatic nitrogens is 2. The maximum atomic E-state index is 14.1. The van der Waals surface area contributed by atoms with Crippen LogP contribution in [0.25, 0.3) is 11.3 Å². The van der Waals surface area contributed by atoms with Crippen molar-refractivity contribution in [2.45, 2.75) is 39.4 Å². The van der Waals surface area contributed by atoms with Gasteiger partial charge in [0.05, 0.1) is 12.1 Å². The summed E-state index contributed by atoms with van der Waals surface area (Å²) in [5.74, 6) is 1.02. The molecule has 1 aliphatic heterocycles. The lowest BCUT2D eigenvalue weighted by molar-refractivity contribution is 0.0240. The molecule has 12 heteroatoms. The van der Waals surface area contributed by atoms with Crippen molar-refractivity contribution in [2.24, 2.45) is 0 Å². The largest absolute Gasteiger partial charge is 0.494 e. The van der Waals surface area contributed by atoms with Crippen LogP contribution in [0.1, 0.15) is 39.4 Å². The van der Waals surface area contributed by atoms with Gasteiger partial charge in [0, 0.05) is 48.5 Å². The van der Waals surface area contributed by atoms with E-state index in [9.17, 15) is 9.18 Å². The molecule has 0 saturated carbocycles. The minimum Gasteiger partial charge on any atom is -0.494 e. The van der Waals surface area contributed by atoms with Gasteiger partial charge in [-0.05, 0) is 58.0 Å². The van der Waals surface area contributed by atoms with Crippen LogP contribution in [0.3, 0.4) is 0 Å². The van der Waals surface area contributed by atoms with E-state index >= 15 is 0 Å². The number of nitrogens with zero attached hydrogens (tertiary/aromatic N) is 4. The maximum Gasteiger partial charge on any atom is 0.410 e. The molecule has 2 aromatic heterocycles. The van der Waals surface area contributed by atoms with Crippen LogP contribution < -0.4 is 20.1 Å². The molecule has 1 fully saturated rings. The van der Waals surface area contributed by atoms with Crippen LogP contribution in [-0.4, -0.2) is 59.9 Å². The number of ether oxygens (including phenoxy) is 3. The SMILES string of the molecule is COc1ccc(N2CCN(C(=O)OC(C)(C)C)CC2)nc1-c1cnc(N)c(OC(C)c2c(Cl)ccc(F)c2Cl)c1. The molecule has 3 heterocycles. The van der Waals surface area contributed by atoms with Crippen LogP contribution >= 0.6 is 23.2 Å². The average Bonchev–Trinajstić information content (AvgIpc) is 2.91. The summed E-state index contributed by atoms with van der Waals surface area (Å²) in [6, 6.07) is 7.99. The van der Waals surface area contributed by atoms with Gasteiger partial charge in [0.2, 0.25) is 0 Å². The highest BCUT2D eigenvalue weighted by molar-refractivity contribution is 6.36. The molecular formula is C28H32Cl2FN5O4. The minimum absolute atomic E-state index is 0.120. The summed E-state index contributed by atoms with van der Waals surface area (Å²) in [7, 11) is 1.55. The number of piperazine rings is 1. The number of hydrogen-bond acceptors (Lipinski definition) is 8. The van der Waals surface area contributed by atoms with Crippen LogP contribution in [0.2, 0.25) is 10.0 Å². The number of halogens is 3. The molecule has 9 nitrogen and oxygen atoms in total. The van der Waals surface area contributed by atoms with Gasteiger partial charge in [0.15, 0.2) is 11.6 Å². The molecule has 1 atom stereocenters. The van der Waals surface area contributed by atoms with Crippen molar-refractivity contribution >= 4 is 40.9 Å². The molecule has 0 spiro atoms. The zero-order valence-electron chi connectivity index (χ0n) is 23.0. The van der Waals surface area contributed by atoms with Gasteiger partial charge in [0.1, 0.15) is 34.8 Å². The lowest BCUT2D eigenvalue weighted by Crippen LogP contribution is -2.50. The van der Waals surface area contributed by atoms with Crippen LogP contribution in [0.15, 0.2) is 36.5 Å². The number of methoxy groups -OCH3 is 1. The Bertz CT molecular complexity index is 1390. The maximum absolute atomic E-state index is 14.1. The summed E-state index contributed by atoms with van der Waals surface area (Å²) in [6.07, 6.45) is 0.521. The second kappa shape index (κ2) is 11.9. The fraction of sp³-hybridized carbons (Fsp3) is 0.393. The molecule has 1 unspecified atom stereocenters. The van der Waals surface area contributed by atoms with E-state index in [2.05, 4.69) is 9.88 Å². The number of rotatable bonds is 6. The van der Waals surface area contributed by atoms with Crippen LogP contribution in [-0.2, 0) is 4.74 Å². The topological polar surface area (TPSA) is 103 Å². The molecule has 1 amide bonds. The van der Waals surface area contributed by atoms with Gasteiger partial charge < -0.3 is 29.7 Å². The molecule has 4 rings (SSSR count). The number of nitrogen functional groups attached to an aromatic ring is 1. The summed E-state index contributed by atoms with van der Waals surface area (Å²) >= 11 is 12.4. The van der Waals surface area contributed by atoms with Crippen molar-refractivity contribution in [1.29, 1.82) is 0 Å². The molecule has 0 radical (unpaired) electrons. The Morgan fingerprint density at radius 3 is 2.45 bits per heavy atom. The Balaban J connectivity index is 1.57. The van der Waals surface area contributed by atoms with Crippen molar-refractivity contribution in [3.63, 3.8) is 0 Å². The van der Waals surface area contributed by atoms with Gasteiger partial charge in [-0.25, -0.2) is 19.2 Å². The van der Waals surface area contributed by atoms with Gasteiger partial charge in [-0.2, -0.15) is 0 Å². The Kier molecular flexibility index (Phi) is 8.80. The fourth-order valence-corrected chi connectivity index (χ4v) is 4.95. The molecule has 1 saturated heterocycles. The second-order valence-electron chi connectivity index (χ2n) is 10.3. The van der Waals surface area contributed by atoms with E-state index < -0.39 is 17.5 Å². The van der Waals surface area contributed by atoms with E-state index in [0.717, 1.165) is 0 Å². The highest BCUT2D eigenvalue weighted by Crippen LogP contribution is 2.38. The summed E-state index contributed by atoms with van der Waals surface area (Å²) in [4.78, 5) is 25.4. The quantitative estimate of drug-likeness (QED) is 0.329. The number of nitrogens with two attached hydrogens (primary N) is 1. The lowest BCUT2D eigenvalue weighted by atomic mass is 10.1. The zero-order valence-corrected chi connectivity index (χ0v) is 24.5. The van der Waals surface area contributed by atoms with Gasteiger partial charge in [-0.15, -0.1) is 0 Å². The molecule has 1 aromatic carbocycles. The Labute approximate surface area is 242 Å². The molecule has 3 aromatic rings. The number of carbonyl (C=O) groups excluding carboxylic acids is 1. The van der Waals surface area contributed by atoms with E-state index in [1.807, 2.05) is 32.9 Å². The third kappa shape index (κ3) is 6.62. The van der Waals surface area contributed by atoms with Crippen molar-refractivity contribution in [1.82, 2.24) is 14.9 Å². The van der Waals surface area contributed by atoms with Gasteiger partial charge >= 0.3 is 6.09 Å². The normalized spacial score (nSPS) is 14.6. The van der Waals surface area contributed by atoms with Crippen molar-refractivity contribution in [2.75, 3.05) is 43.9 Å². The molecule has 2 N–H and O–H groups in total. The molecule has 1 aliphatic rings. The molecular weight excluding hydrogens is 560 g/mol. The third-order valence-corrected chi connectivity index (χ3v) is 6.98. The molecule has 0 bridgehead atoms. The van der Waals surface area contributed by atoms with E-state index in [1.54, 1.807) is 31.2 Å². The van der Waals surface area contributed by atoms with Crippen LogP contribution in [0.4, 0.5) is 20.8 Å². The first-order valence-electron chi connectivity index (χ1n) is 12.7. The van der Waals surface area contributed by atoms with Gasteiger partial charge in [-0.3, -0.25) is 0 Å². The lowest BCUT2D eigenvalue weighted by Gasteiger charge is -2.36. The van der Waals surface area contributed by atoms with Gasteiger partial charge in [-0.1, -0.05) is 23.2 Å². The zero-order chi connectivity index (χ0) is 29.2. The Morgan fingerprint density at radius 1 is 1.10 bits per heavy atom. The molecule has 0 aliphatic carbocycles. The number of benzene rings is 1. The molecule has 214 valence electrons. The van der Waals surface area contributed by atoms with E-state index in [4.69, 9.17) is 48.1 Å². The molecule has 40 heavy (non-hydrogen) atoms. The van der Waals surface area contributed by atoms with Crippen molar-refractivity contribution in [3.8, 4) is 22.8 Å². The van der Waals surface area contributed by atoms with Crippen LogP contribution in [0.5, 0.6) is 11.5 Å². The minimum atomic E-state index is -0.725. The number of anilines is 2. The van der Waals surface area contributed by atoms with E-state index in [-0.39, 0.29) is 27.7 Å². The first kappa shape index (κ1) is 29.5. The summed E-state index contributed by atoms with van der Waals surface area (Å²) in [6.45, 7) is 9.40. The van der Waals surface area contributed by atoms with Crippen molar-refractivity contribution < 1.29 is 23.4 Å². The van der Waals surface area contributed by atoms with Crippen LogP contribution in [0, 0.1) is 5.82 Å². The predicted octanol–water partition coefficient (Wildman–Crippen LogP) is 6.38. The summed E-state index contributed by atoms with van der Waals surface area (Å²) in [5.41, 5.74) is 6.99.